The van der Waals surface area contributed by atoms with Gasteiger partial charge in [-0.15, -0.1) is 0 Å². The van der Waals surface area contributed by atoms with Crippen LogP contribution in [0.1, 0.15) is 24.2 Å². The molecule has 2 N–H and O–H groups in total. The minimum atomic E-state index is -1.74. The zero-order chi connectivity index (χ0) is 13.0. The number of aliphatic hydroxyl groups is 2. The Hall–Kier alpha value is -1.53. The topological polar surface area (TPSA) is 79.7 Å². The molecule has 94 valence electrons. The van der Waals surface area contributed by atoms with E-state index in [1.54, 1.807) is 6.92 Å². The Morgan fingerprint density at radius 2 is 2.24 bits per heavy atom. The Balaban J connectivity index is 2.92. The van der Waals surface area contributed by atoms with Gasteiger partial charge in [-0.2, -0.15) is 4.39 Å². The van der Waals surface area contributed by atoms with Gasteiger partial charge in [0.2, 0.25) is 5.95 Å². The fourth-order valence-electron chi connectivity index (χ4n) is 1.37. The summed E-state index contributed by atoms with van der Waals surface area (Å²) in [5.74, 6) is -1.70. The van der Waals surface area contributed by atoms with Crippen molar-refractivity contribution in [1.82, 2.24) is 4.98 Å². The summed E-state index contributed by atoms with van der Waals surface area (Å²) >= 11 is 0. The fourth-order valence-corrected chi connectivity index (χ4v) is 1.37. The van der Waals surface area contributed by atoms with Gasteiger partial charge in [-0.05, 0) is 25.5 Å². The molecule has 1 aromatic heterocycles. The van der Waals surface area contributed by atoms with Gasteiger partial charge >= 0.3 is 5.97 Å². The molecule has 1 rings (SSSR count). The summed E-state index contributed by atoms with van der Waals surface area (Å²) in [6, 6.07) is 1.34. The second-order valence-corrected chi connectivity index (χ2v) is 3.46. The molecule has 0 aliphatic carbocycles. The molecule has 17 heavy (non-hydrogen) atoms. The Kier molecular flexibility index (Phi) is 4.53. The number of halogens is 1. The average molecular weight is 243 g/mol. The van der Waals surface area contributed by atoms with Crippen molar-refractivity contribution in [1.29, 1.82) is 0 Å². The zero-order valence-electron chi connectivity index (χ0n) is 9.55. The highest BCUT2D eigenvalue weighted by atomic mass is 19.1. The van der Waals surface area contributed by atoms with Crippen LogP contribution in [-0.2, 0) is 9.53 Å². The number of esters is 1. The van der Waals surface area contributed by atoms with Gasteiger partial charge in [-0.25, -0.2) is 9.78 Å². The third-order valence-electron chi connectivity index (χ3n) is 2.33. The summed E-state index contributed by atoms with van der Waals surface area (Å²) in [5.41, 5.74) is 0.196. The maximum Gasteiger partial charge on any atom is 0.338 e. The molecule has 2 unspecified atom stereocenters. The highest BCUT2D eigenvalue weighted by Crippen LogP contribution is 2.22. The van der Waals surface area contributed by atoms with E-state index in [2.05, 4.69) is 9.72 Å². The van der Waals surface area contributed by atoms with E-state index in [1.165, 1.54) is 13.0 Å². The van der Waals surface area contributed by atoms with Crippen LogP contribution in [0.4, 0.5) is 4.39 Å². The van der Waals surface area contributed by atoms with E-state index in [4.69, 9.17) is 0 Å². The lowest BCUT2D eigenvalue weighted by atomic mass is 10.0. The number of aromatic nitrogens is 1. The molecular formula is C11H14FNO4. The normalized spacial score (nSPS) is 14.2. The molecule has 2 atom stereocenters. The molecule has 1 heterocycles. The Labute approximate surface area is 97.9 Å². The predicted octanol–water partition coefficient (Wildman–Crippen LogP) is 0.487. The number of carbonyl (C=O) groups excluding carboxylic acids is 1. The van der Waals surface area contributed by atoms with Crippen LogP contribution in [0.5, 0.6) is 0 Å². The van der Waals surface area contributed by atoms with Crippen molar-refractivity contribution < 1.29 is 24.1 Å². The van der Waals surface area contributed by atoms with Crippen molar-refractivity contribution >= 4 is 5.97 Å². The van der Waals surface area contributed by atoms with Crippen molar-refractivity contribution in [3.63, 3.8) is 0 Å². The first-order valence-corrected chi connectivity index (χ1v) is 5.12. The van der Waals surface area contributed by atoms with Crippen LogP contribution in [-0.4, -0.2) is 33.9 Å². The van der Waals surface area contributed by atoms with Crippen molar-refractivity contribution in [2.45, 2.75) is 26.1 Å². The van der Waals surface area contributed by atoms with Crippen LogP contribution in [0, 0.1) is 12.9 Å². The van der Waals surface area contributed by atoms with E-state index >= 15 is 0 Å². The second-order valence-electron chi connectivity index (χ2n) is 3.46. The van der Waals surface area contributed by atoms with E-state index in [0.29, 0.717) is 0 Å². The van der Waals surface area contributed by atoms with Crippen LogP contribution in [0.25, 0.3) is 0 Å². The first-order chi connectivity index (χ1) is 7.99. The maximum absolute atomic E-state index is 13.1. The highest BCUT2D eigenvalue weighted by Gasteiger charge is 2.28. The molecule has 5 nitrogen and oxygen atoms in total. The van der Waals surface area contributed by atoms with Gasteiger partial charge in [0.15, 0.2) is 6.10 Å². The average Bonchev–Trinajstić information content (AvgIpc) is 2.31. The monoisotopic (exact) mass is 243 g/mol. The summed E-state index contributed by atoms with van der Waals surface area (Å²) in [7, 11) is 0. The van der Waals surface area contributed by atoms with Gasteiger partial charge in [-0.3, -0.25) is 0 Å². The number of pyridine rings is 1. The SMILES string of the molecule is CCOC(=O)C(O)C(O)c1ccnc(F)c1C. The third kappa shape index (κ3) is 2.98. The van der Waals surface area contributed by atoms with E-state index in [9.17, 15) is 19.4 Å². The minimum Gasteiger partial charge on any atom is -0.464 e. The Morgan fingerprint density at radius 1 is 1.59 bits per heavy atom. The largest absolute Gasteiger partial charge is 0.464 e. The van der Waals surface area contributed by atoms with E-state index < -0.39 is 24.1 Å². The van der Waals surface area contributed by atoms with Crippen molar-refractivity contribution in [2.75, 3.05) is 6.61 Å². The molecule has 1 aromatic rings. The van der Waals surface area contributed by atoms with Crippen LogP contribution >= 0.6 is 0 Å². The number of hydrogen-bond acceptors (Lipinski definition) is 5. The quantitative estimate of drug-likeness (QED) is 0.594. The molecule has 0 aliphatic heterocycles. The van der Waals surface area contributed by atoms with E-state index in [0.717, 1.165) is 6.20 Å². The van der Waals surface area contributed by atoms with Crippen LogP contribution < -0.4 is 0 Å². The van der Waals surface area contributed by atoms with Gasteiger partial charge in [0.25, 0.3) is 0 Å². The number of carbonyl (C=O) groups is 1. The molecule has 0 aliphatic rings. The van der Waals surface area contributed by atoms with Gasteiger partial charge in [0.05, 0.1) is 6.61 Å². The van der Waals surface area contributed by atoms with Crippen LogP contribution in [0.3, 0.4) is 0 Å². The lowest BCUT2D eigenvalue weighted by Crippen LogP contribution is -2.30. The Morgan fingerprint density at radius 3 is 2.82 bits per heavy atom. The van der Waals surface area contributed by atoms with E-state index in [-0.39, 0.29) is 17.7 Å². The molecule has 0 aromatic carbocycles. The van der Waals surface area contributed by atoms with Gasteiger partial charge in [-0.1, -0.05) is 0 Å². The molecule has 0 bridgehead atoms. The summed E-state index contributed by atoms with van der Waals surface area (Å²) in [4.78, 5) is 14.6. The minimum absolute atomic E-state index is 0.0864. The molecule has 0 radical (unpaired) electrons. The number of ether oxygens (including phenoxy) is 1. The van der Waals surface area contributed by atoms with Crippen LogP contribution in [0.15, 0.2) is 12.3 Å². The first kappa shape index (κ1) is 13.5. The smallest absolute Gasteiger partial charge is 0.338 e. The number of rotatable bonds is 4. The molecule has 6 heteroatoms. The molecule has 0 saturated carbocycles. The van der Waals surface area contributed by atoms with Crippen molar-refractivity contribution in [2.24, 2.45) is 0 Å². The number of nitrogens with zero attached hydrogens (tertiary/aromatic N) is 1. The zero-order valence-corrected chi connectivity index (χ0v) is 9.55. The van der Waals surface area contributed by atoms with Gasteiger partial charge in [0.1, 0.15) is 6.10 Å². The number of hydrogen-bond donors (Lipinski definition) is 2. The first-order valence-electron chi connectivity index (χ1n) is 5.12. The summed E-state index contributed by atoms with van der Waals surface area (Å²) < 4.78 is 17.7. The molecule has 0 amide bonds. The third-order valence-corrected chi connectivity index (χ3v) is 2.33. The molecular weight excluding hydrogens is 229 g/mol. The number of aliphatic hydroxyl groups excluding tert-OH is 2. The standard InChI is InChI=1S/C11H14FNO4/c1-3-17-11(16)9(15)8(14)7-4-5-13-10(12)6(7)2/h4-5,8-9,14-15H,3H2,1-2H3. The van der Waals surface area contributed by atoms with Crippen molar-refractivity contribution in [3.8, 4) is 0 Å². The van der Waals surface area contributed by atoms with Crippen molar-refractivity contribution in [3.05, 3.63) is 29.3 Å². The summed E-state index contributed by atoms with van der Waals surface area (Å²) in [5, 5.41) is 19.3. The lowest BCUT2D eigenvalue weighted by molar-refractivity contribution is -0.159. The highest BCUT2D eigenvalue weighted by molar-refractivity contribution is 5.75. The second kappa shape index (κ2) is 5.70. The molecule has 0 spiro atoms. The van der Waals surface area contributed by atoms with E-state index in [1.807, 2.05) is 0 Å². The molecule has 0 saturated heterocycles. The maximum atomic E-state index is 13.1. The van der Waals surface area contributed by atoms with Crippen LogP contribution in [0.2, 0.25) is 0 Å². The summed E-state index contributed by atoms with van der Waals surface area (Å²) in [6.45, 7) is 3.07. The predicted molar refractivity (Wildman–Crippen MR) is 56.5 cm³/mol. The fraction of sp³-hybridized carbons (Fsp3) is 0.455. The van der Waals surface area contributed by atoms with Gasteiger partial charge in [0, 0.05) is 11.8 Å². The van der Waals surface area contributed by atoms with Gasteiger partial charge < -0.3 is 14.9 Å². The molecule has 0 fully saturated rings. The Bertz CT molecular complexity index is 410. The summed E-state index contributed by atoms with van der Waals surface area (Å²) in [6.07, 6.45) is -2.12. The lowest BCUT2D eigenvalue weighted by Gasteiger charge is -2.18.